The Kier molecular flexibility index (Phi) is 5.84. The Morgan fingerprint density at radius 1 is 0.893 bits per heavy atom. The molecule has 1 aliphatic heterocycles. The first-order chi connectivity index (χ1) is 13.3. The summed E-state index contributed by atoms with van der Waals surface area (Å²) >= 11 is 0. The first-order valence-electron chi connectivity index (χ1n) is 9.74. The van der Waals surface area contributed by atoms with Gasteiger partial charge < -0.3 is 15.1 Å². The molecular weight excluding hydrogens is 350 g/mol. The van der Waals surface area contributed by atoms with E-state index in [1.165, 1.54) is 0 Å². The largest absolute Gasteiger partial charge is 0.336 e. The number of nitrogens with one attached hydrogen (secondary N) is 1. The van der Waals surface area contributed by atoms with Crippen LogP contribution in [0.25, 0.3) is 0 Å². The second-order valence-electron chi connectivity index (χ2n) is 8.43. The van der Waals surface area contributed by atoms with Crippen molar-refractivity contribution in [2.45, 2.75) is 26.2 Å². The predicted octanol–water partition coefficient (Wildman–Crippen LogP) is 3.62. The molecular formula is C23H29N3O2. The van der Waals surface area contributed by atoms with Crippen LogP contribution in [0.15, 0.2) is 48.5 Å². The van der Waals surface area contributed by atoms with Gasteiger partial charge in [-0.1, -0.05) is 45.0 Å². The Hall–Kier alpha value is -2.66. The van der Waals surface area contributed by atoms with Gasteiger partial charge in [0.15, 0.2) is 0 Å². The van der Waals surface area contributed by atoms with Crippen LogP contribution in [0.3, 0.4) is 0 Å². The molecule has 0 aliphatic carbocycles. The summed E-state index contributed by atoms with van der Waals surface area (Å²) in [5.41, 5.74) is 2.84. The van der Waals surface area contributed by atoms with E-state index in [9.17, 15) is 9.59 Å². The number of hydrogen-bond acceptors (Lipinski definition) is 3. The third kappa shape index (κ3) is 4.60. The van der Waals surface area contributed by atoms with Crippen LogP contribution in [0.5, 0.6) is 0 Å². The Morgan fingerprint density at radius 2 is 1.54 bits per heavy atom. The molecule has 1 aliphatic rings. The summed E-state index contributed by atoms with van der Waals surface area (Å²) in [6.45, 7) is 9.52. The molecule has 1 saturated heterocycles. The number of likely N-dealkylation sites (N-methyl/N-ethyl adjacent to an activating group) is 1. The maximum absolute atomic E-state index is 12.8. The average molecular weight is 380 g/mol. The maximum atomic E-state index is 12.8. The molecule has 1 heterocycles. The lowest BCUT2D eigenvalue weighted by Gasteiger charge is -2.32. The Bertz CT molecular complexity index is 862. The van der Waals surface area contributed by atoms with E-state index in [0.29, 0.717) is 24.2 Å². The summed E-state index contributed by atoms with van der Waals surface area (Å²) in [6.07, 6.45) is 0. The van der Waals surface area contributed by atoms with Gasteiger partial charge in [0, 0.05) is 43.0 Å². The summed E-state index contributed by atoms with van der Waals surface area (Å²) in [5, 5.41) is 3.01. The topological polar surface area (TPSA) is 52.7 Å². The van der Waals surface area contributed by atoms with Gasteiger partial charge in [0.2, 0.25) is 0 Å². The number of para-hydroxylation sites is 1. The molecule has 2 aromatic rings. The highest BCUT2D eigenvalue weighted by Gasteiger charge is 2.22. The van der Waals surface area contributed by atoms with Crippen LogP contribution in [0.4, 0.5) is 5.69 Å². The summed E-state index contributed by atoms with van der Waals surface area (Å²) in [4.78, 5) is 29.7. The molecule has 3 rings (SSSR count). The standard InChI is InChI=1S/C23H29N3O2/c1-23(2,3)19-10-5-6-11-20(19)24-21(27)17-8-7-9-18(16-17)22(28)26-14-12-25(4)13-15-26/h5-11,16H,12-15H2,1-4H3,(H,24,27). The summed E-state index contributed by atoms with van der Waals surface area (Å²) in [6, 6.07) is 14.8. The van der Waals surface area contributed by atoms with Gasteiger partial charge in [-0.3, -0.25) is 9.59 Å². The van der Waals surface area contributed by atoms with Crippen molar-refractivity contribution < 1.29 is 9.59 Å². The zero-order valence-corrected chi connectivity index (χ0v) is 17.2. The van der Waals surface area contributed by atoms with Crippen molar-refractivity contribution >= 4 is 17.5 Å². The van der Waals surface area contributed by atoms with Gasteiger partial charge in [0.25, 0.3) is 11.8 Å². The number of carbonyl (C=O) groups excluding carboxylic acids is 2. The van der Waals surface area contributed by atoms with Crippen LogP contribution in [0.2, 0.25) is 0 Å². The fraction of sp³-hybridized carbons (Fsp3) is 0.391. The summed E-state index contributed by atoms with van der Waals surface area (Å²) < 4.78 is 0. The van der Waals surface area contributed by atoms with Crippen molar-refractivity contribution in [3.63, 3.8) is 0 Å². The molecule has 0 atom stereocenters. The van der Waals surface area contributed by atoms with E-state index < -0.39 is 0 Å². The van der Waals surface area contributed by atoms with Crippen LogP contribution in [-0.4, -0.2) is 54.8 Å². The third-order valence-electron chi connectivity index (χ3n) is 5.15. The Balaban J connectivity index is 1.77. The number of anilines is 1. The molecule has 5 nitrogen and oxygen atoms in total. The highest BCUT2D eigenvalue weighted by Crippen LogP contribution is 2.29. The van der Waals surface area contributed by atoms with Gasteiger partial charge in [-0.05, 0) is 42.3 Å². The Labute approximate surface area is 167 Å². The van der Waals surface area contributed by atoms with E-state index in [4.69, 9.17) is 0 Å². The number of carbonyl (C=O) groups is 2. The molecule has 28 heavy (non-hydrogen) atoms. The summed E-state index contributed by atoms with van der Waals surface area (Å²) in [7, 11) is 2.06. The maximum Gasteiger partial charge on any atom is 0.255 e. The molecule has 0 radical (unpaired) electrons. The van der Waals surface area contributed by atoms with Gasteiger partial charge in [-0.2, -0.15) is 0 Å². The van der Waals surface area contributed by atoms with Crippen LogP contribution in [0, 0.1) is 0 Å². The van der Waals surface area contributed by atoms with Crippen LogP contribution in [-0.2, 0) is 5.41 Å². The molecule has 2 aromatic carbocycles. The third-order valence-corrected chi connectivity index (χ3v) is 5.15. The van der Waals surface area contributed by atoms with Crippen molar-refractivity contribution in [1.29, 1.82) is 0 Å². The van der Waals surface area contributed by atoms with Crippen molar-refractivity contribution in [2.75, 3.05) is 38.5 Å². The molecule has 0 aromatic heterocycles. The second kappa shape index (κ2) is 8.15. The quantitative estimate of drug-likeness (QED) is 0.886. The number of rotatable bonds is 3. The first-order valence-corrected chi connectivity index (χ1v) is 9.74. The molecule has 0 bridgehead atoms. The highest BCUT2D eigenvalue weighted by molar-refractivity contribution is 6.06. The fourth-order valence-corrected chi connectivity index (χ4v) is 3.43. The van der Waals surface area contributed by atoms with E-state index >= 15 is 0 Å². The predicted molar refractivity (Wildman–Crippen MR) is 113 cm³/mol. The highest BCUT2D eigenvalue weighted by atomic mass is 16.2. The minimum Gasteiger partial charge on any atom is -0.336 e. The van der Waals surface area contributed by atoms with Gasteiger partial charge in [0.1, 0.15) is 0 Å². The van der Waals surface area contributed by atoms with Crippen molar-refractivity contribution in [3.8, 4) is 0 Å². The number of amides is 2. The fourth-order valence-electron chi connectivity index (χ4n) is 3.43. The SMILES string of the molecule is CN1CCN(C(=O)c2cccc(C(=O)Nc3ccccc3C(C)(C)C)c2)CC1. The van der Waals surface area contributed by atoms with E-state index in [1.807, 2.05) is 29.2 Å². The molecule has 5 heteroatoms. The van der Waals surface area contributed by atoms with Crippen LogP contribution in [0.1, 0.15) is 47.1 Å². The van der Waals surface area contributed by atoms with Crippen LogP contribution >= 0.6 is 0 Å². The van der Waals surface area contributed by atoms with Gasteiger partial charge in [0.05, 0.1) is 0 Å². The Morgan fingerprint density at radius 3 is 2.21 bits per heavy atom. The molecule has 0 saturated carbocycles. The lowest BCUT2D eigenvalue weighted by atomic mass is 9.86. The number of hydrogen-bond donors (Lipinski definition) is 1. The average Bonchev–Trinajstić information content (AvgIpc) is 2.68. The van der Waals surface area contributed by atoms with E-state index in [1.54, 1.807) is 24.3 Å². The monoisotopic (exact) mass is 379 g/mol. The second-order valence-corrected chi connectivity index (χ2v) is 8.43. The van der Waals surface area contributed by atoms with Crippen molar-refractivity contribution in [3.05, 3.63) is 65.2 Å². The van der Waals surface area contributed by atoms with E-state index in [-0.39, 0.29) is 17.2 Å². The zero-order chi connectivity index (χ0) is 20.3. The zero-order valence-electron chi connectivity index (χ0n) is 17.2. The van der Waals surface area contributed by atoms with Gasteiger partial charge >= 0.3 is 0 Å². The number of piperazine rings is 1. The molecule has 0 unspecified atom stereocenters. The van der Waals surface area contributed by atoms with Gasteiger partial charge in [-0.25, -0.2) is 0 Å². The van der Waals surface area contributed by atoms with E-state index in [0.717, 1.165) is 24.3 Å². The van der Waals surface area contributed by atoms with Gasteiger partial charge in [-0.15, -0.1) is 0 Å². The molecule has 1 N–H and O–H groups in total. The van der Waals surface area contributed by atoms with E-state index in [2.05, 4.69) is 38.0 Å². The smallest absolute Gasteiger partial charge is 0.255 e. The molecule has 0 spiro atoms. The van der Waals surface area contributed by atoms with Crippen molar-refractivity contribution in [1.82, 2.24) is 9.80 Å². The molecule has 1 fully saturated rings. The van der Waals surface area contributed by atoms with Crippen molar-refractivity contribution in [2.24, 2.45) is 0 Å². The minimum atomic E-state index is -0.204. The lowest BCUT2D eigenvalue weighted by Crippen LogP contribution is -2.47. The van der Waals surface area contributed by atoms with Crippen LogP contribution < -0.4 is 5.32 Å². The first kappa shape index (κ1) is 20.1. The molecule has 148 valence electrons. The normalized spacial score (nSPS) is 15.4. The number of nitrogens with zero attached hydrogens (tertiary/aromatic N) is 2. The molecule has 2 amide bonds. The summed E-state index contributed by atoms with van der Waals surface area (Å²) in [5.74, 6) is -0.220. The minimum absolute atomic E-state index is 0.0159. The lowest BCUT2D eigenvalue weighted by molar-refractivity contribution is 0.0664. The number of benzene rings is 2.